The highest BCUT2D eigenvalue weighted by Crippen LogP contribution is 2.34. The maximum atomic E-state index is 12.9. The summed E-state index contributed by atoms with van der Waals surface area (Å²) in [5.41, 5.74) is -1.06. The van der Waals surface area contributed by atoms with Gasteiger partial charge in [-0.2, -0.15) is 13.2 Å². The van der Waals surface area contributed by atoms with Gasteiger partial charge in [0.1, 0.15) is 0 Å². The smallest absolute Gasteiger partial charge is 0.377 e. The highest BCUT2D eigenvalue weighted by molar-refractivity contribution is 5.93. The Balaban J connectivity index is 1.89. The van der Waals surface area contributed by atoms with Crippen LogP contribution in [0.25, 0.3) is 0 Å². The van der Waals surface area contributed by atoms with Crippen LogP contribution in [0.3, 0.4) is 0 Å². The molecule has 128 valence electrons. The number of alkyl halides is 3. The molecule has 1 N–H and O–H groups in total. The molecule has 0 saturated carbocycles. The van der Waals surface area contributed by atoms with E-state index in [-0.39, 0.29) is 18.3 Å². The summed E-state index contributed by atoms with van der Waals surface area (Å²) in [4.78, 5) is 13.7. The van der Waals surface area contributed by atoms with Crippen LogP contribution in [-0.2, 0) is 15.7 Å². The minimum atomic E-state index is -4.49. The predicted molar refractivity (Wildman–Crippen MR) is 81.2 cm³/mol. The monoisotopic (exact) mass is 330 g/mol. The first-order chi connectivity index (χ1) is 10.9. The molecule has 0 spiro atoms. The molecule has 1 saturated heterocycles. The van der Waals surface area contributed by atoms with Gasteiger partial charge in [-0.25, -0.2) is 0 Å². The van der Waals surface area contributed by atoms with Gasteiger partial charge in [0.15, 0.2) is 0 Å². The number of carbonyl (C=O) groups is 1. The van der Waals surface area contributed by atoms with Gasteiger partial charge in [-0.05, 0) is 38.4 Å². The Kier molecular flexibility index (Phi) is 6.01. The number of nitrogens with one attached hydrogen (secondary N) is 1. The summed E-state index contributed by atoms with van der Waals surface area (Å²) in [6, 6.07) is 4.97. The summed E-state index contributed by atoms with van der Waals surface area (Å²) in [6.07, 6.45) is -1.31. The summed E-state index contributed by atoms with van der Waals surface area (Å²) in [5.74, 6) is -0.472. The van der Waals surface area contributed by atoms with Crippen LogP contribution in [0.4, 0.5) is 18.9 Å². The standard InChI is InChI=1S/C16H21F3N2O2/c1-21(10-12-6-4-5-9-23-12)11-15(22)20-14-8-3-2-7-13(14)16(17,18)19/h2-3,7-8,12H,4-6,9-11H2,1H3,(H,20,22)/t12-/m0/s1. The molecule has 1 fully saturated rings. The number of benzene rings is 1. The Hall–Kier alpha value is -1.60. The normalized spacial score (nSPS) is 18.9. The number of likely N-dealkylation sites (N-methyl/N-ethyl adjacent to an activating group) is 1. The van der Waals surface area contributed by atoms with Gasteiger partial charge < -0.3 is 10.1 Å². The van der Waals surface area contributed by atoms with Crippen molar-refractivity contribution in [3.63, 3.8) is 0 Å². The average Bonchev–Trinajstić information content (AvgIpc) is 2.47. The van der Waals surface area contributed by atoms with E-state index in [2.05, 4.69) is 5.32 Å². The van der Waals surface area contributed by atoms with E-state index in [9.17, 15) is 18.0 Å². The number of nitrogens with zero attached hydrogens (tertiary/aromatic N) is 1. The van der Waals surface area contributed by atoms with Crippen molar-refractivity contribution in [2.24, 2.45) is 0 Å². The third-order valence-electron chi connectivity index (χ3n) is 3.71. The van der Waals surface area contributed by atoms with E-state index < -0.39 is 17.6 Å². The molecule has 0 aromatic heterocycles. The second-order valence-electron chi connectivity index (χ2n) is 5.78. The lowest BCUT2D eigenvalue weighted by atomic mass is 10.1. The summed E-state index contributed by atoms with van der Waals surface area (Å²) in [6.45, 7) is 1.34. The van der Waals surface area contributed by atoms with E-state index in [0.29, 0.717) is 6.54 Å². The number of para-hydroxylation sites is 1. The SMILES string of the molecule is CN(CC(=O)Nc1ccccc1C(F)(F)F)C[C@@H]1CCCCO1. The van der Waals surface area contributed by atoms with Gasteiger partial charge >= 0.3 is 6.18 Å². The van der Waals surface area contributed by atoms with Gasteiger partial charge in [-0.15, -0.1) is 0 Å². The summed E-state index contributed by atoms with van der Waals surface area (Å²) >= 11 is 0. The molecule has 4 nitrogen and oxygen atoms in total. The zero-order chi connectivity index (χ0) is 16.9. The van der Waals surface area contributed by atoms with Crippen molar-refractivity contribution in [2.45, 2.75) is 31.5 Å². The zero-order valence-electron chi connectivity index (χ0n) is 13.0. The molecule has 7 heteroatoms. The van der Waals surface area contributed by atoms with Gasteiger partial charge in [0.2, 0.25) is 5.91 Å². The maximum Gasteiger partial charge on any atom is 0.418 e. The number of ether oxygens (including phenoxy) is 1. The Morgan fingerprint density at radius 1 is 1.35 bits per heavy atom. The van der Waals surface area contributed by atoms with Gasteiger partial charge in [0.25, 0.3) is 0 Å². The van der Waals surface area contributed by atoms with Crippen LogP contribution in [0.2, 0.25) is 0 Å². The molecule has 2 rings (SSSR count). The molecular weight excluding hydrogens is 309 g/mol. The lowest BCUT2D eigenvalue weighted by Gasteiger charge is -2.27. The van der Waals surface area contributed by atoms with Crippen LogP contribution in [0.15, 0.2) is 24.3 Å². The Morgan fingerprint density at radius 3 is 2.74 bits per heavy atom. The molecule has 1 heterocycles. The van der Waals surface area contributed by atoms with Gasteiger partial charge in [0.05, 0.1) is 23.9 Å². The topological polar surface area (TPSA) is 41.6 Å². The molecule has 23 heavy (non-hydrogen) atoms. The molecule has 1 aliphatic rings. The van der Waals surface area contributed by atoms with Gasteiger partial charge in [-0.1, -0.05) is 12.1 Å². The number of amides is 1. The van der Waals surface area contributed by atoms with Crippen LogP contribution >= 0.6 is 0 Å². The third kappa shape index (κ3) is 5.51. The van der Waals surface area contributed by atoms with Crippen LogP contribution in [0, 0.1) is 0 Å². The summed E-state index contributed by atoms with van der Waals surface area (Å²) in [5, 5.41) is 2.34. The summed E-state index contributed by atoms with van der Waals surface area (Å²) < 4.78 is 44.3. The number of hydrogen-bond donors (Lipinski definition) is 1. The van der Waals surface area contributed by atoms with Gasteiger partial charge in [0, 0.05) is 13.2 Å². The van der Waals surface area contributed by atoms with Crippen molar-refractivity contribution in [2.75, 3.05) is 32.1 Å². The van der Waals surface area contributed by atoms with Crippen molar-refractivity contribution < 1.29 is 22.7 Å². The lowest BCUT2D eigenvalue weighted by Crippen LogP contribution is -2.38. The van der Waals surface area contributed by atoms with E-state index in [1.807, 2.05) is 0 Å². The first-order valence-corrected chi connectivity index (χ1v) is 7.62. The molecule has 0 radical (unpaired) electrons. The molecule has 0 unspecified atom stereocenters. The molecule has 1 aromatic carbocycles. The highest BCUT2D eigenvalue weighted by Gasteiger charge is 2.33. The fraction of sp³-hybridized carbons (Fsp3) is 0.562. The third-order valence-corrected chi connectivity index (χ3v) is 3.71. The number of carbonyl (C=O) groups excluding carboxylic acids is 1. The van der Waals surface area contributed by atoms with Crippen molar-refractivity contribution >= 4 is 11.6 Å². The van der Waals surface area contributed by atoms with E-state index in [1.54, 1.807) is 11.9 Å². The van der Waals surface area contributed by atoms with Crippen LogP contribution < -0.4 is 5.32 Å². The molecule has 1 amide bonds. The van der Waals surface area contributed by atoms with Crippen LogP contribution in [0.5, 0.6) is 0 Å². The van der Waals surface area contributed by atoms with E-state index in [0.717, 1.165) is 31.9 Å². The fourth-order valence-corrected chi connectivity index (χ4v) is 2.64. The van der Waals surface area contributed by atoms with E-state index in [1.165, 1.54) is 18.2 Å². The van der Waals surface area contributed by atoms with Crippen molar-refractivity contribution in [3.8, 4) is 0 Å². The number of rotatable bonds is 5. The van der Waals surface area contributed by atoms with Crippen LogP contribution in [0.1, 0.15) is 24.8 Å². The predicted octanol–water partition coefficient (Wildman–Crippen LogP) is 3.14. The first-order valence-electron chi connectivity index (χ1n) is 7.62. The Bertz CT molecular complexity index is 528. The molecule has 1 aromatic rings. The number of halogens is 3. The van der Waals surface area contributed by atoms with E-state index >= 15 is 0 Å². The average molecular weight is 330 g/mol. The van der Waals surface area contributed by atoms with Crippen molar-refractivity contribution in [3.05, 3.63) is 29.8 Å². The highest BCUT2D eigenvalue weighted by atomic mass is 19.4. The largest absolute Gasteiger partial charge is 0.418 e. The second kappa shape index (κ2) is 7.79. The minimum absolute atomic E-state index is 0.0199. The van der Waals surface area contributed by atoms with Crippen molar-refractivity contribution in [1.82, 2.24) is 4.90 Å². The van der Waals surface area contributed by atoms with Gasteiger partial charge in [-0.3, -0.25) is 9.69 Å². The molecule has 0 aliphatic carbocycles. The zero-order valence-corrected chi connectivity index (χ0v) is 13.0. The fourth-order valence-electron chi connectivity index (χ4n) is 2.64. The summed E-state index contributed by atoms with van der Waals surface area (Å²) in [7, 11) is 1.76. The number of hydrogen-bond acceptors (Lipinski definition) is 3. The maximum absolute atomic E-state index is 12.9. The van der Waals surface area contributed by atoms with Crippen LogP contribution in [-0.4, -0.2) is 43.7 Å². The Labute approximate surface area is 133 Å². The molecule has 0 bridgehead atoms. The lowest BCUT2D eigenvalue weighted by molar-refractivity contribution is -0.137. The minimum Gasteiger partial charge on any atom is -0.377 e. The molecule has 1 aliphatic heterocycles. The molecule has 1 atom stereocenters. The Morgan fingerprint density at radius 2 is 2.09 bits per heavy atom. The van der Waals surface area contributed by atoms with Crippen molar-refractivity contribution in [1.29, 1.82) is 0 Å². The quantitative estimate of drug-likeness (QED) is 0.902. The molecular formula is C16H21F3N2O2. The van der Waals surface area contributed by atoms with E-state index in [4.69, 9.17) is 4.74 Å². The second-order valence-corrected chi connectivity index (χ2v) is 5.78. The number of anilines is 1. The first kappa shape index (κ1) is 17.7.